The van der Waals surface area contributed by atoms with Crippen molar-refractivity contribution >= 4 is 11.9 Å². The summed E-state index contributed by atoms with van der Waals surface area (Å²) in [6.07, 6.45) is 0.393. The van der Waals surface area contributed by atoms with Gasteiger partial charge in [0.25, 0.3) is 0 Å². The number of hydrogen-bond donors (Lipinski definition) is 2. The van der Waals surface area contributed by atoms with E-state index in [1.165, 1.54) is 24.3 Å². The van der Waals surface area contributed by atoms with Crippen molar-refractivity contribution in [2.75, 3.05) is 13.2 Å². The molecule has 0 saturated heterocycles. The Bertz CT molecular complexity index is 822. The maximum atomic E-state index is 13.1. The van der Waals surface area contributed by atoms with Crippen LogP contribution in [0.5, 0.6) is 11.5 Å². The van der Waals surface area contributed by atoms with E-state index in [4.69, 9.17) is 14.6 Å². The molecule has 1 aliphatic heterocycles. The fourth-order valence-electron chi connectivity index (χ4n) is 2.89. The molecule has 0 bridgehead atoms. The van der Waals surface area contributed by atoms with Crippen LogP contribution in [0.15, 0.2) is 42.5 Å². The number of nitrogens with one attached hydrogen (secondary N) is 1. The number of aliphatic carboxylic acids is 1. The smallest absolute Gasteiger partial charge is 0.305 e. The summed E-state index contributed by atoms with van der Waals surface area (Å²) >= 11 is 0. The zero-order chi connectivity index (χ0) is 19.2. The van der Waals surface area contributed by atoms with Crippen molar-refractivity contribution in [2.24, 2.45) is 0 Å². The molecule has 1 heterocycles. The van der Waals surface area contributed by atoms with Crippen molar-refractivity contribution in [3.63, 3.8) is 0 Å². The first kappa shape index (κ1) is 18.7. The lowest BCUT2D eigenvalue weighted by Gasteiger charge is -2.19. The Morgan fingerprint density at radius 3 is 2.48 bits per heavy atom. The molecule has 1 atom stereocenters. The van der Waals surface area contributed by atoms with E-state index < -0.39 is 17.8 Å². The number of fused-ring (bicyclic) bond motifs is 1. The SMILES string of the molecule is O=C(O)CC(NC(=O)CCc1ccc2c(c1)OCCO2)c1ccc(F)cc1. The number of rotatable bonds is 7. The summed E-state index contributed by atoms with van der Waals surface area (Å²) in [7, 11) is 0. The number of benzene rings is 2. The predicted molar refractivity (Wildman–Crippen MR) is 95.3 cm³/mol. The van der Waals surface area contributed by atoms with Gasteiger partial charge in [0.1, 0.15) is 19.0 Å². The van der Waals surface area contributed by atoms with Crippen LogP contribution in [0.3, 0.4) is 0 Å². The van der Waals surface area contributed by atoms with Gasteiger partial charge in [0.15, 0.2) is 11.5 Å². The van der Waals surface area contributed by atoms with Crippen molar-refractivity contribution in [1.82, 2.24) is 5.32 Å². The minimum Gasteiger partial charge on any atom is -0.486 e. The molecule has 142 valence electrons. The number of ether oxygens (including phenoxy) is 2. The van der Waals surface area contributed by atoms with Crippen molar-refractivity contribution < 1.29 is 28.6 Å². The fourth-order valence-corrected chi connectivity index (χ4v) is 2.89. The lowest BCUT2D eigenvalue weighted by atomic mass is 10.0. The van der Waals surface area contributed by atoms with Gasteiger partial charge in [0.05, 0.1) is 12.5 Å². The van der Waals surface area contributed by atoms with Crippen LogP contribution in [-0.2, 0) is 16.0 Å². The minimum atomic E-state index is -1.04. The Hall–Kier alpha value is -3.09. The van der Waals surface area contributed by atoms with Crippen LogP contribution in [0.4, 0.5) is 4.39 Å². The van der Waals surface area contributed by atoms with Gasteiger partial charge in [0.2, 0.25) is 5.91 Å². The number of carboxylic acids is 1. The Kier molecular flexibility index (Phi) is 5.90. The molecule has 0 saturated carbocycles. The van der Waals surface area contributed by atoms with Gasteiger partial charge >= 0.3 is 5.97 Å². The van der Waals surface area contributed by atoms with E-state index in [9.17, 15) is 14.0 Å². The van der Waals surface area contributed by atoms with E-state index in [0.717, 1.165) is 5.56 Å². The fraction of sp³-hybridized carbons (Fsp3) is 0.300. The molecule has 6 nitrogen and oxygen atoms in total. The second-order valence-corrected chi connectivity index (χ2v) is 6.25. The van der Waals surface area contributed by atoms with E-state index in [-0.39, 0.29) is 18.7 Å². The van der Waals surface area contributed by atoms with Crippen molar-refractivity contribution in [2.45, 2.75) is 25.3 Å². The predicted octanol–water partition coefficient (Wildman–Crippen LogP) is 2.86. The zero-order valence-electron chi connectivity index (χ0n) is 14.6. The van der Waals surface area contributed by atoms with Crippen LogP contribution in [0.25, 0.3) is 0 Å². The van der Waals surface area contributed by atoms with Gasteiger partial charge < -0.3 is 19.9 Å². The Morgan fingerprint density at radius 1 is 1.07 bits per heavy atom. The Labute approximate surface area is 155 Å². The van der Waals surface area contributed by atoms with E-state index in [0.29, 0.717) is 36.7 Å². The van der Waals surface area contributed by atoms with Gasteiger partial charge in [0, 0.05) is 6.42 Å². The molecule has 27 heavy (non-hydrogen) atoms. The number of aryl methyl sites for hydroxylation is 1. The van der Waals surface area contributed by atoms with Crippen LogP contribution >= 0.6 is 0 Å². The molecule has 2 aromatic carbocycles. The highest BCUT2D eigenvalue weighted by Crippen LogP contribution is 2.31. The highest BCUT2D eigenvalue weighted by molar-refractivity contribution is 5.78. The van der Waals surface area contributed by atoms with Crippen molar-refractivity contribution in [3.8, 4) is 11.5 Å². The second-order valence-electron chi connectivity index (χ2n) is 6.25. The maximum absolute atomic E-state index is 13.1. The van der Waals surface area contributed by atoms with E-state index >= 15 is 0 Å². The molecule has 1 amide bonds. The number of amides is 1. The number of carbonyl (C=O) groups is 2. The normalized spacial score (nSPS) is 13.7. The van der Waals surface area contributed by atoms with Gasteiger partial charge in [-0.1, -0.05) is 18.2 Å². The van der Waals surface area contributed by atoms with E-state index in [1.54, 1.807) is 0 Å². The molecule has 1 unspecified atom stereocenters. The molecular weight excluding hydrogens is 353 g/mol. The molecule has 1 aliphatic rings. The van der Waals surface area contributed by atoms with Crippen LogP contribution in [0.2, 0.25) is 0 Å². The third kappa shape index (κ3) is 5.20. The van der Waals surface area contributed by atoms with Crippen LogP contribution in [0, 0.1) is 5.82 Å². The first-order valence-corrected chi connectivity index (χ1v) is 8.66. The molecule has 2 N–H and O–H groups in total. The minimum absolute atomic E-state index is 0.191. The third-order valence-corrected chi connectivity index (χ3v) is 4.23. The Balaban J connectivity index is 1.60. The highest BCUT2D eigenvalue weighted by atomic mass is 19.1. The first-order valence-electron chi connectivity index (χ1n) is 8.66. The van der Waals surface area contributed by atoms with E-state index in [2.05, 4.69) is 5.32 Å². The van der Waals surface area contributed by atoms with Crippen LogP contribution in [0.1, 0.15) is 30.0 Å². The molecular formula is C20H20FNO5. The number of hydrogen-bond acceptors (Lipinski definition) is 4. The molecule has 0 aliphatic carbocycles. The van der Waals surface area contributed by atoms with Gasteiger partial charge in [-0.3, -0.25) is 9.59 Å². The molecule has 2 aromatic rings. The van der Waals surface area contributed by atoms with Crippen molar-refractivity contribution in [3.05, 3.63) is 59.4 Å². The Morgan fingerprint density at radius 2 is 1.78 bits per heavy atom. The molecule has 0 aromatic heterocycles. The maximum Gasteiger partial charge on any atom is 0.305 e. The van der Waals surface area contributed by atoms with Crippen molar-refractivity contribution in [1.29, 1.82) is 0 Å². The zero-order valence-corrected chi connectivity index (χ0v) is 14.6. The largest absolute Gasteiger partial charge is 0.486 e. The first-order chi connectivity index (χ1) is 13.0. The molecule has 7 heteroatoms. The van der Waals surface area contributed by atoms with Gasteiger partial charge in [-0.2, -0.15) is 0 Å². The number of halogens is 1. The van der Waals surface area contributed by atoms with E-state index in [1.807, 2.05) is 18.2 Å². The molecule has 3 rings (SSSR count). The standard InChI is InChI=1S/C20H20FNO5/c21-15-5-3-14(4-6-15)16(12-20(24)25)22-19(23)8-2-13-1-7-17-18(11-13)27-10-9-26-17/h1,3-7,11,16H,2,8-10,12H2,(H,22,23)(H,24,25). The van der Waals surface area contributed by atoms with Gasteiger partial charge in [-0.05, 0) is 41.8 Å². The average Bonchev–Trinajstić information content (AvgIpc) is 2.66. The molecule has 0 radical (unpaired) electrons. The summed E-state index contributed by atoms with van der Waals surface area (Å²) in [5.74, 6) is -0.392. The molecule has 0 spiro atoms. The summed E-state index contributed by atoms with van der Waals surface area (Å²) < 4.78 is 24.1. The summed E-state index contributed by atoms with van der Waals surface area (Å²) in [6.45, 7) is 1.01. The van der Waals surface area contributed by atoms with Crippen LogP contribution in [-0.4, -0.2) is 30.2 Å². The summed E-state index contributed by atoms with van der Waals surface area (Å²) in [6, 6.07) is 10.3. The lowest BCUT2D eigenvalue weighted by Crippen LogP contribution is -2.30. The summed E-state index contributed by atoms with van der Waals surface area (Å²) in [5.41, 5.74) is 1.47. The second kappa shape index (κ2) is 8.53. The third-order valence-electron chi connectivity index (χ3n) is 4.23. The quantitative estimate of drug-likeness (QED) is 0.780. The van der Waals surface area contributed by atoms with Gasteiger partial charge in [-0.25, -0.2) is 4.39 Å². The monoisotopic (exact) mass is 373 g/mol. The highest BCUT2D eigenvalue weighted by Gasteiger charge is 2.18. The number of carboxylic acid groups (broad SMARTS) is 1. The summed E-state index contributed by atoms with van der Waals surface area (Å²) in [4.78, 5) is 23.4. The molecule has 0 fully saturated rings. The lowest BCUT2D eigenvalue weighted by molar-refractivity contribution is -0.137. The average molecular weight is 373 g/mol. The number of carbonyl (C=O) groups excluding carboxylic acids is 1. The summed E-state index contributed by atoms with van der Waals surface area (Å²) in [5, 5.41) is 11.8. The topological polar surface area (TPSA) is 84.9 Å². The van der Waals surface area contributed by atoms with Gasteiger partial charge in [-0.15, -0.1) is 0 Å². The van der Waals surface area contributed by atoms with Crippen LogP contribution < -0.4 is 14.8 Å².